The number of hydrogen-bond donors (Lipinski definition) is 1. The van der Waals surface area contributed by atoms with Crippen LogP contribution in [0.2, 0.25) is 0 Å². The molecule has 6 heteroatoms. The molecule has 3 heterocycles. The summed E-state index contributed by atoms with van der Waals surface area (Å²) in [6.07, 6.45) is 1.11. The lowest BCUT2D eigenvalue weighted by molar-refractivity contribution is 0.0378. The number of anilines is 1. The maximum absolute atomic E-state index is 5.41. The molecule has 0 aliphatic carbocycles. The SMILES string of the molecule is Cc1nc2cc(C(C)(C)C)nn2c(NCCCN2CCOCC2)c1C. The Bertz CT molecular complexity index is 725. The molecule has 1 saturated heterocycles. The Kier molecular flexibility index (Phi) is 5.29. The van der Waals surface area contributed by atoms with Gasteiger partial charge in [-0.05, 0) is 26.8 Å². The zero-order valence-electron chi connectivity index (χ0n) is 16.2. The molecule has 0 amide bonds. The van der Waals surface area contributed by atoms with Crippen LogP contribution >= 0.6 is 0 Å². The van der Waals surface area contributed by atoms with Crippen molar-refractivity contribution in [1.29, 1.82) is 0 Å². The fraction of sp³-hybridized carbons (Fsp3) is 0.684. The van der Waals surface area contributed by atoms with Gasteiger partial charge in [-0.15, -0.1) is 0 Å². The van der Waals surface area contributed by atoms with Crippen molar-refractivity contribution in [3.63, 3.8) is 0 Å². The van der Waals surface area contributed by atoms with Crippen molar-refractivity contribution in [3.8, 4) is 0 Å². The van der Waals surface area contributed by atoms with E-state index in [4.69, 9.17) is 14.8 Å². The second kappa shape index (κ2) is 7.30. The molecule has 0 unspecified atom stereocenters. The van der Waals surface area contributed by atoms with Crippen molar-refractivity contribution in [1.82, 2.24) is 19.5 Å². The van der Waals surface area contributed by atoms with E-state index >= 15 is 0 Å². The van der Waals surface area contributed by atoms with E-state index in [1.165, 1.54) is 5.56 Å². The first-order valence-electron chi connectivity index (χ1n) is 9.27. The topological polar surface area (TPSA) is 54.7 Å². The van der Waals surface area contributed by atoms with Crippen molar-refractivity contribution in [2.75, 3.05) is 44.7 Å². The first-order valence-corrected chi connectivity index (χ1v) is 9.27. The van der Waals surface area contributed by atoms with Gasteiger partial charge in [-0.3, -0.25) is 4.90 Å². The summed E-state index contributed by atoms with van der Waals surface area (Å²) in [6, 6.07) is 2.10. The number of nitrogens with one attached hydrogen (secondary N) is 1. The highest BCUT2D eigenvalue weighted by Gasteiger charge is 2.20. The lowest BCUT2D eigenvalue weighted by atomic mass is 9.93. The molecule has 1 fully saturated rings. The number of aromatic nitrogens is 3. The standard InChI is InChI=1S/C19H31N5O/c1-14-15(2)21-17-13-16(19(3,4)5)22-24(17)18(14)20-7-6-8-23-9-11-25-12-10-23/h13,20H,6-12H2,1-5H3. The van der Waals surface area contributed by atoms with Gasteiger partial charge in [0.25, 0.3) is 0 Å². The number of hydrogen-bond acceptors (Lipinski definition) is 5. The first kappa shape index (κ1) is 18.1. The van der Waals surface area contributed by atoms with Gasteiger partial charge in [0.2, 0.25) is 0 Å². The second-order valence-electron chi connectivity index (χ2n) is 7.95. The van der Waals surface area contributed by atoms with Gasteiger partial charge in [0.1, 0.15) is 5.82 Å². The molecule has 2 aromatic rings. The molecule has 0 atom stereocenters. The van der Waals surface area contributed by atoms with Crippen molar-refractivity contribution >= 4 is 11.5 Å². The van der Waals surface area contributed by atoms with Gasteiger partial charge >= 0.3 is 0 Å². The van der Waals surface area contributed by atoms with Gasteiger partial charge in [-0.2, -0.15) is 9.61 Å². The minimum absolute atomic E-state index is 0.0170. The summed E-state index contributed by atoms with van der Waals surface area (Å²) in [5.74, 6) is 1.07. The van der Waals surface area contributed by atoms with Crippen LogP contribution in [0, 0.1) is 13.8 Å². The number of nitrogens with zero attached hydrogens (tertiary/aromatic N) is 4. The van der Waals surface area contributed by atoms with E-state index in [9.17, 15) is 0 Å². The van der Waals surface area contributed by atoms with Gasteiger partial charge < -0.3 is 10.1 Å². The zero-order valence-corrected chi connectivity index (χ0v) is 16.2. The highest BCUT2D eigenvalue weighted by Crippen LogP contribution is 2.25. The Hall–Kier alpha value is -1.66. The molecule has 1 aliphatic rings. The van der Waals surface area contributed by atoms with Crippen LogP contribution in [-0.4, -0.2) is 58.9 Å². The van der Waals surface area contributed by atoms with Crippen molar-refractivity contribution in [2.45, 2.75) is 46.5 Å². The predicted molar refractivity (Wildman–Crippen MR) is 102 cm³/mol. The molecule has 1 aliphatic heterocycles. The maximum atomic E-state index is 5.41. The predicted octanol–water partition coefficient (Wildman–Crippen LogP) is 2.78. The number of ether oxygens (including phenoxy) is 1. The highest BCUT2D eigenvalue weighted by molar-refractivity contribution is 5.56. The van der Waals surface area contributed by atoms with Crippen LogP contribution in [0.5, 0.6) is 0 Å². The Morgan fingerprint density at radius 1 is 1.20 bits per heavy atom. The van der Waals surface area contributed by atoms with Crippen LogP contribution in [0.3, 0.4) is 0 Å². The Morgan fingerprint density at radius 2 is 1.92 bits per heavy atom. The smallest absolute Gasteiger partial charge is 0.157 e. The Balaban J connectivity index is 1.72. The average Bonchev–Trinajstić information content (AvgIpc) is 2.99. The number of aryl methyl sites for hydroxylation is 1. The average molecular weight is 345 g/mol. The third-order valence-electron chi connectivity index (χ3n) is 4.90. The van der Waals surface area contributed by atoms with Crippen molar-refractivity contribution in [2.24, 2.45) is 0 Å². The van der Waals surface area contributed by atoms with Crippen LogP contribution < -0.4 is 5.32 Å². The molecular weight excluding hydrogens is 314 g/mol. The second-order valence-corrected chi connectivity index (χ2v) is 7.95. The molecule has 138 valence electrons. The van der Waals surface area contributed by atoms with E-state index in [1.54, 1.807) is 0 Å². The molecule has 3 rings (SSSR count). The van der Waals surface area contributed by atoms with Gasteiger partial charge in [0.05, 0.1) is 18.9 Å². The van der Waals surface area contributed by atoms with E-state index in [-0.39, 0.29) is 5.41 Å². The van der Waals surface area contributed by atoms with Crippen molar-refractivity contribution in [3.05, 3.63) is 23.0 Å². The summed E-state index contributed by atoms with van der Waals surface area (Å²) in [7, 11) is 0. The van der Waals surface area contributed by atoms with E-state index in [2.05, 4.69) is 50.9 Å². The Morgan fingerprint density at radius 3 is 2.60 bits per heavy atom. The molecule has 25 heavy (non-hydrogen) atoms. The molecule has 0 radical (unpaired) electrons. The maximum Gasteiger partial charge on any atom is 0.157 e. The normalized spacial score (nSPS) is 16.5. The van der Waals surface area contributed by atoms with Crippen LogP contribution in [0.15, 0.2) is 6.07 Å². The summed E-state index contributed by atoms with van der Waals surface area (Å²) >= 11 is 0. The van der Waals surface area contributed by atoms with Gasteiger partial charge in [0, 0.05) is 42.4 Å². The monoisotopic (exact) mass is 345 g/mol. The summed E-state index contributed by atoms with van der Waals surface area (Å²) in [5, 5.41) is 8.42. The molecule has 0 aromatic carbocycles. The van der Waals surface area contributed by atoms with Crippen LogP contribution in [0.4, 0.5) is 5.82 Å². The summed E-state index contributed by atoms with van der Waals surface area (Å²) in [5.41, 5.74) is 4.24. The Labute approximate surface area is 150 Å². The zero-order chi connectivity index (χ0) is 18.0. The largest absolute Gasteiger partial charge is 0.379 e. The minimum Gasteiger partial charge on any atom is -0.379 e. The lowest BCUT2D eigenvalue weighted by Crippen LogP contribution is -2.37. The number of fused-ring (bicyclic) bond motifs is 1. The van der Waals surface area contributed by atoms with E-state index in [0.717, 1.165) is 68.7 Å². The van der Waals surface area contributed by atoms with Crippen LogP contribution in [0.25, 0.3) is 5.65 Å². The first-order chi connectivity index (χ1) is 11.9. The fourth-order valence-electron chi connectivity index (χ4n) is 3.11. The number of morpholine rings is 1. The molecule has 0 saturated carbocycles. The summed E-state index contributed by atoms with van der Waals surface area (Å²) in [4.78, 5) is 7.18. The van der Waals surface area contributed by atoms with Crippen LogP contribution in [0.1, 0.15) is 44.1 Å². The van der Waals surface area contributed by atoms with Gasteiger partial charge in [-0.1, -0.05) is 20.8 Å². The molecular formula is C19H31N5O. The van der Waals surface area contributed by atoms with E-state index in [0.29, 0.717) is 0 Å². The molecule has 1 N–H and O–H groups in total. The third kappa shape index (κ3) is 4.12. The van der Waals surface area contributed by atoms with Gasteiger partial charge in [-0.25, -0.2) is 4.98 Å². The quantitative estimate of drug-likeness (QED) is 0.845. The molecule has 2 aromatic heterocycles. The number of rotatable bonds is 5. The summed E-state index contributed by atoms with van der Waals surface area (Å²) < 4.78 is 7.38. The molecule has 0 bridgehead atoms. The third-order valence-corrected chi connectivity index (χ3v) is 4.90. The summed E-state index contributed by atoms with van der Waals surface area (Å²) in [6.45, 7) is 16.6. The van der Waals surface area contributed by atoms with Gasteiger partial charge in [0.15, 0.2) is 5.65 Å². The van der Waals surface area contributed by atoms with E-state index in [1.807, 2.05) is 4.52 Å². The van der Waals surface area contributed by atoms with E-state index < -0.39 is 0 Å². The highest BCUT2D eigenvalue weighted by atomic mass is 16.5. The fourth-order valence-corrected chi connectivity index (χ4v) is 3.11. The molecule has 0 spiro atoms. The minimum atomic E-state index is 0.0170. The van der Waals surface area contributed by atoms with Crippen molar-refractivity contribution < 1.29 is 4.74 Å². The van der Waals surface area contributed by atoms with Crippen LogP contribution in [-0.2, 0) is 10.2 Å². The lowest BCUT2D eigenvalue weighted by Gasteiger charge is -2.26. The molecule has 6 nitrogen and oxygen atoms in total.